The SMILES string of the molecule is COc1c(C)cnc(CNC(=O)c2cccc(S(C)(=O)=O)c2)c1C. The van der Waals surface area contributed by atoms with Crippen LogP contribution in [0.2, 0.25) is 0 Å². The van der Waals surface area contributed by atoms with Crippen LogP contribution in [-0.2, 0) is 16.4 Å². The molecule has 7 heteroatoms. The molecule has 1 aromatic carbocycles. The summed E-state index contributed by atoms with van der Waals surface area (Å²) in [6.07, 6.45) is 2.80. The van der Waals surface area contributed by atoms with E-state index >= 15 is 0 Å². The number of pyridine rings is 1. The van der Waals surface area contributed by atoms with Gasteiger partial charge >= 0.3 is 0 Å². The van der Waals surface area contributed by atoms with Gasteiger partial charge in [0, 0.05) is 29.1 Å². The second-order valence-electron chi connectivity index (χ2n) is 5.53. The maximum Gasteiger partial charge on any atom is 0.251 e. The molecule has 24 heavy (non-hydrogen) atoms. The number of hydrogen-bond donors (Lipinski definition) is 1. The van der Waals surface area contributed by atoms with Gasteiger partial charge in [0.15, 0.2) is 9.84 Å². The van der Waals surface area contributed by atoms with Crippen LogP contribution < -0.4 is 10.1 Å². The van der Waals surface area contributed by atoms with E-state index in [-0.39, 0.29) is 22.9 Å². The average molecular weight is 348 g/mol. The first kappa shape index (κ1) is 17.9. The van der Waals surface area contributed by atoms with Gasteiger partial charge in [0.05, 0.1) is 24.2 Å². The topological polar surface area (TPSA) is 85.4 Å². The van der Waals surface area contributed by atoms with Crippen LogP contribution in [0.3, 0.4) is 0 Å². The summed E-state index contributed by atoms with van der Waals surface area (Å²) < 4.78 is 28.5. The van der Waals surface area contributed by atoms with Gasteiger partial charge in [-0.2, -0.15) is 0 Å². The van der Waals surface area contributed by atoms with Crippen molar-refractivity contribution in [2.75, 3.05) is 13.4 Å². The number of hydrogen-bond acceptors (Lipinski definition) is 5. The lowest BCUT2D eigenvalue weighted by Crippen LogP contribution is -2.24. The monoisotopic (exact) mass is 348 g/mol. The largest absolute Gasteiger partial charge is 0.496 e. The van der Waals surface area contributed by atoms with Crippen LogP contribution in [0.25, 0.3) is 0 Å². The van der Waals surface area contributed by atoms with E-state index in [9.17, 15) is 13.2 Å². The van der Waals surface area contributed by atoms with Crippen LogP contribution in [0, 0.1) is 13.8 Å². The van der Waals surface area contributed by atoms with Gasteiger partial charge in [0.25, 0.3) is 5.91 Å². The molecule has 128 valence electrons. The van der Waals surface area contributed by atoms with Gasteiger partial charge in [-0.05, 0) is 32.0 Å². The highest BCUT2D eigenvalue weighted by Crippen LogP contribution is 2.23. The highest BCUT2D eigenvalue weighted by molar-refractivity contribution is 7.90. The first-order valence-electron chi connectivity index (χ1n) is 7.31. The molecule has 0 saturated carbocycles. The zero-order valence-electron chi connectivity index (χ0n) is 14.1. The highest BCUT2D eigenvalue weighted by atomic mass is 32.2. The van der Waals surface area contributed by atoms with E-state index in [0.29, 0.717) is 5.69 Å². The molecule has 2 aromatic rings. The smallest absolute Gasteiger partial charge is 0.251 e. The van der Waals surface area contributed by atoms with Crippen LogP contribution in [0.5, 0.6) is 5.75 Å². The van der Waals surface area contributed by atoms with Gasteiger partial charge < -0.3 is 10.1 Å². The van der Waals surface area contributed by atoms with E-state index in [1.807, 2.05) is 13.8 Å². The summed E-state index contributed by atoms with van der Waals surface area (Å²) in [6, 6.07) is 5.94. The zero-order valence-corrected chi connectivity index (χ0v) is 14.9. The predicted octanol–water partition coefficient (Wildman–Crippen LogP) is 2.04. The van der Waals surface area contributed by atoms with E-state index in [0.717, 1.165) is 23.1 Å². The van der Waals surface area contributed by atoms with Crippen molar-refractivity contribution in [1.82, 2.24) is 10.3 Å². The van der Waals surface area contributed by atoms with Crippen molar-refractivity contribution in [2.45, 2.75) is 25.3 Å². The normalized spacial score (nSPS) is 11.2. The number of sulfone groups is 1. The maximum absolute atomic E-state index is 12.3. The number of carbonyl (C=O) groups is 1. The third-order valence-corrected chi connectivity index (χ3v) is 4.80. The highest BCUT2D eigenvalue weighted by Gasteiger charge is 2.13. The fourth-order valence-electron chi connectivity index (χ4n) is 2.38. The molecule has 0 unspecified atom stereocenters. The first-order valence-corrected chi connectivity index (χ1v) is 9.20. The Morgan fingerprint density at radius 3 is 2.62 bits per heavy atom. The number of nitrogens with zero attached hydrogens (tertiary/aromatic N) is 1. The molecule has 0 aliphatic rings. The summed E-state index contributed by atoms with van der Waals surface area (Å²) in [5.41, 5.74) is 2.77. The molecule has 0 saturated heterocycles. The minimum absolute atomic E-state index is 0.112. The van der Waals surface area contributed by atoms with Gasteiger partial charge in [-0.3, -0.25) is 9.78 Å². The Morgan fingerprint density at radius 2 is 2.00 bits per heavy atom. The number of aromatic nitrogens is 1. The summed E-state index contributed by atoms with van der Waals surface area (Å²) >= 11 is 0. The number of ether oxygens (including phenoxy) is 1. The maximum atomic E-state index is 12.3. The Labute approximate surface area is 141 Å². The van der Waals surface area contributed by atoms with Gasteiger partial charge in [-0.15, -0.1) is 0 Å². The summed E-state index contributed by atoms with van der Waals surface area (Å²) in [6.45, 7) is 4.01. The Balaban J connectivity index is 2.17. The molecule has 0 aliphatic heterocycles. The molecule has 1 N–H and O–H groups in total. The van der Waals surface area contributed by atoms with Crippen molar-refractivity contribution < 1.29 is 17.9 Å². The summed E-state index contributed by atoms with van der Waals surface area (Å²) in [7, 11) is -1.76. The number of benzene rings is 1. The number of amides is 1. The quantitative estimate of drug-likeness (QED) is 0.894. The van der Waals surface area contributed by atoms with E-state index in [2.05, 4.69) is 10.3 Å². The van der Waals surface area contributed by atoms with Crippen molar-refractivity contribution in [3.05, 3.63) is 52.8 Å². The molecular weight excluding hydrogens is 328 g/mol. The van der Waals surface area contributed by atoms with Crippen molar-refractivity contribution in [3.8, 4) is 5.75 Å². The average Bonchev–Trinajstić information content (AvgIpc) is 2.53. The molecule has 0 atom stereocenters. The Kier molecular flexibility index (Phi) is 5.23. The predicted molar refractivity (Wildman–Crippen MR) is 91.0 cm³/mol. The standard InChI is InChI=1S/C17H20N2O4S/c1-11-9-18-15(12(2)16(11)23-3)10-19-17(20)13-6-5-7-14(8-13)24(4,21)22/h5-9H,10H2,1-4H3,(H,19,20). The number of methoxy groups -OCH3 is 1. The second-order valence-corrected chi connectivity index (χ2v) is 7.54. The van der Waals surface area contributed by atoms with Gasteiger partial charge in [0.1, 0.15) is 5.75 Å². The summed E-state index contributed by atoms with van der Waals surface area (Å²) in [4.78, 5) is 16.7. The van der Waals surface area contributed by atoms with E-state index in [4.69, 9.17) is 4.74 Å². The van der Waals surface area contributed by atoms with Crippen molar-refractivity contribution in [3.63, 3.8) is 0 Å². The van der Waals surface area contributed by atoms with Crippen LogP contribution in [-0.4, -0.2) is 32.7 Å². The molecule has 0 fully saturated rings. The third kappa shape index (κ3) is 3.91. The number of rotatable bonds is 5. The lowest BCUT2D eigenvalue weighted by molar-refractivity contribution is 0.0950. The fourth-order valence-corrected chi connectivity index (χ4v) is 3.05. The Morgan fingerprint density at radius 1 is 1.29 bits per heavy atom. The van der Waals surface area contributed by atoms with Crippen molar-refractivity contribution in [2.24, 2.45) is 0 Å². The molecule has 0 radical (unpaired) electrons. The minimum atomic E-state index is -3.36. The molecule has 6 nitrogen and oxygen atoms in total. The zero-order chi connectivity index (χ0) is 17.9. The molecule has 1 amide bonds. The molecule has 1 heterocycles. The molecule has 0 bridgehead atoms. The van der Waals surface area contributed by atoms with Gasteiger partial charge in [0.2, 0.25) is 0 Å². The first-order chi connectivity index (χ1) is 11.2. The molecule has 1 aromatic heterocycles. The third-order valence-electron chi connectivity index (χ3n) is 3.69. The van der Waals surface area contributed by atoms with Crippen LogP contribution in [0.1, 0.15) is 27.2 Å². The van der Waals surface area contributed by atoms with Gasteiger partial charge in [-0.1, -0.05) is 6.07 Å². The molecule has 0 spiro atoms. The fraction of sp³-hybridized carbons (Fsp3) is 0.294. The van der Waals surface area contributed by atoms with Gasteiger partial charge in [-0.25, -0.2) is 8.42 Å². The summed E-state index contributed by atoms with van der Waals surface area (Å²) in [5, 5.41) is 2.75. The van der Waals surface area contributed by atoms with E-state index in [1.54, 1.807) is 25.4 Å². The lowest BCUT2D eigenvalue weighted by atomic mass is 10.1. The number of aryl methyl sites for hydroxylation is 1. The van der Waals surface area contributed by atoms with E-state index < -0.39 is 9.84 Å². The van der Waals surface area contributed by atoms with Crippen LogP contribution >= 0.6 is 0 Å². The molecule has 2 rings (SSSR count). The Bertz CT molecular complexity index is 876. The van der Waals surface area contributed by atoms with Crippen molar-refractivity contribution >= 4 is 15.7 Å². The number of nitrogens with one attached hydrogen (secondary N) is 1. The Hall–Kier alpha value is -2.41. The van der Waals surface area contributed by atoms with Crippen LogP contribution in [0.4, 0.5) is 0 Å². The molecule has 0 aliphatic carbocycles. The lowest BCUT2D eigenvalue weighted by Gasteiger charge is -2.13. The van der Waals surface area contributed by atoms with Crippen molar-refractivity contribution in [1.29, 1.82) is 0 Å². The van der Waals surface area contributed by atoms with E-state index in [1.165, 1.54) is 12.1 Å². The number of carbonyl (C=O) groups excluding carboxylic acids is 1. The summed E-state index contributed by atoms with van der Waals surface area (Å²) in [5.74, 6) is 0.384. The molecular formula is C17H20N2O4S. The second kappa shape index (κ2) is 7.00. The van der Waals surface area contributed by atoms with Crippen LogP contribution in [0.15, 0.2) is 35.4 Å². The minimum Gasteiger partial charge on any atom is -0.496 e.